The third kappa shape index (κ3) is 5.12. The monoisotopic (exact) mass is 461 g/mol. The Balaban J connectivity index is 2.10. The first-order valence-electron chi connectivity index (χ1n) is 9.58. The lowest BCUT2D eigenvalue weighted by Crippen LogP contribution is -2.34. The second-order valence-corrected chi connectivity index (χ2v) is 9.28. The first-order valence-corrected chi connectivity index (χ1v) is 11.4. The van der Waals surface area contributed by atoms with E-state index in [9.17, 15) is 17.6 Å². The number of aromatic carboxylic acids is 1. The van der Waals surface area contributed by atoms with E-state index in [-0.39, 0.29) is 22.6 Å². The largest absolute Gasteiger partial charge is 0.478 e. The van der Waals surface area contributed by atoms with Crippen molar-refractivity contribution >= 4 is 27.6 Å². The molecule has 0 aliphatic carbocycles. The summed E-state index contributed by atoms with van der Waals surface area (Å²) in [6.07, 6.45) is 0.450. The molecular formula is C23H21ClFNO4S. The number of hydrogen-bond acceptors (Lipinski definition) is 3. The van der Waals surface area contributed by atoms with E-state index in [0.717, 1.165) is 11.6 Å². The van der Waals surface area contributed by atoms with E-state index in [1.165, 1.54) is 40.7 Å². The minimum atomic E-state index is -4.03. The molecule has 162 valence electrons. The summed E-state index contributed by atoms with van der Waals surface area (Å²) in [7, 11) is -4.03. The SMILES string of the molecule is CC[C@@H](c1ccccc1)N(Cc1ccc(C(=O)O)cc1F)S(=O)(=O)c1ccc(Cl)cc1. The van der Waals surface area contributed by atoms with E-state index < -0.39 is 27.9 Å². The summed E-state index contributed by atoms with van der Waals surface area (Å²) in [5.41, 5.74) is 0.644. The molecule has 0 spiro atoms. The maximum absolute atomic E-state index is 14.7. The van der Waals surface area contributed by atoms with E-state index in [2.05, 4.69) is 0 Å². The number of rotatable bonds is 8. The van der Waals surface area contributed by atoms with Crippen LogP contribution in [0.3, 0.4) is 0 Å². The smallest absolute Gasteiger partial charge is 0.335 e. The number of benzene rings is 3. The Hall–Kier alpha value is -2.74. The van der Waals surface area contributed by atoms with Crippen molar-refractivity contribution in [3.8, 4) is 0 Å². The molecule has 1 N–H and O–H groups in total. The van der Waals surface area contributed by atoms with Crippen molar-refractivity contribution in [2.45, 2.75) is 30.8 Å². The van der Waals surface area contributed by atoms with Crippen LogP contribution in [-0.4, -0.2) is 23.8 Å². The molecule has 0 saturated heterocycles. The van der Waals surface area contributed by atoms with Gasteiger partial charge in [0, 0.05) is 17.1 Å². The first kappa shape index (κ1) is 22.9. The van der Waals surface area contributed by atoms with Crippen LogP contribution < -0.4 is 0 Å². The van der Waals surface area contributed by atoms with Crippen molar-refractivity contribution in [1.82, 2.24) is 4.31 Å². The van der Waals surface area contributed by atoms with E-state index in [1.807, 2.05) is 37.3 Å². The molecule has 5 nitrogen and oxygen atoms in total. The molecule has 0 saturated carbocycles. The Bertz CT molecular complexity index is 1170. The Labute approximate surface area is 185 Å². The Morgan fingerprint density at radius 1 is 1.06 bits per heavy atom. The van der Waals surface area contributed by atoms with Gasteiger partial charge in [0.1, 0.15) is 5.82 Å². The molecule has 0 fully saturated rings. The molecule has 0 radical (unpaired) electrons. The van der Waals surface area contributed by atoms with Crippen molar-refractivity contribution in [2.75, 3.05) is 0 Å². The first-order chi connectivity index (χ1) is 14.7. The van der Waals surface area contributed by atoms with Crippen molar-refractivity contribution in [3.05, 3.63) is 100 Å². The number of nitrogens with zero attached hydrogens (tertiary/aromatic N) is 1. The van der Waals surface area contributed by atoms with E-state index in [0.29, 0.717) is 11.4 Å². The topological polar surface area (TPSA) is 74.7 Å². The highest BCUT2D eigenvalue weighted by atomic mass is 35.5. The van der Waals surface area contributed by atoms with Gasteiger partial charge in [0.25, 0.3) is 0 Å². The number of halogens is 2. The van der Waals surface area contributed by atoms with Gasteiger partial charge in [0.2, 0.25) is 10.0 Å². The molecule has 3 aromatic carbocycles. The Kier molecular flexibility index (Phi) is 7.10. The fraction of sp³-hybridized carbons (Fsp3) is 0.174. The third-order valence-electron chi connectivity index (χ3n) is 4.97. The molecule has 31 heavy (non-hydrogen) atoms. The van der Waals surface area contributed by atoms with Gasteiger partial charge >= 0.3 is 5.97 Å². The van der Waals surface area contributed by atoms with Gasteiger partial charge in [-0.25, -0.2) is 17.6 Å². The standard InChI is InChI=1S/C23H21ClFNO4S/c1-2-22(16-6-4-3-5-7-16)26(31(29,30)20-12-10-19(24)11-13-20)15-18-9-8-17(23(27)28)14-21(18)25/h3-14,22H,2,15H2,1H3,(H,27,28)/t22-/m0/s1. The minimum Gasteiger partial charge on any atom is -0.478 e. The normalized spacial score (nSPS) is 12.6. The second-order valence-electron chi connectivity index (χ2n) is 6.95. The summed E-state index contributed by atoms with van der Waals surface area (Å²) < 4.78 is 43.1. The molecule has 0 bridgehead atoms. The molecule has 0 aliphatic rings. The number of carboxylic acids is 1. The fourth-order valence-electron chi connectivity index (χ4n) is 3.36. The van der Waals surface area contributed by atoms with Crippen molar-refractivity contribution < 1.29 is 22.7 Å². The van der Waals surface area contributed by atoms with Gasteiger partial charge in [-0.05, 0) is 48.4 Å². The quantitative estimate of drug-likeness (QED) is 0.479. The number of sulfonamides is 1. The van der Waals surface area contributed by atoms with Gasteiger partial charge in [-0.1, -0.05) is 54.9 Å². The highest BCUT2D eigenvalue weighted by Gasteiger charge is 2.32. The zero-order valence-electron chi connectivity index (χ0n) is 16.7. The highest BCUT2D eigenvalue weighted by Crippen LogP contribution is 2.33. The van der Waals surface area contributed by atoms with Crippen molar-refractivity contribution in [1.29, 1.82) is 0 Å². The predicted octanol–water partition coefficient (Wildman–Crippen LogP) is 5.52. The van der Waals surface area contributed by atoms with Crippen LogP contribution in [0.5, 0.6) is 0 Å². The molecule has 0 heterocycles. The number of carboxylic acid groups (broad SMARTS) is 1. The van der Waals surface area contributed by atoms with Crippen LogP contribution in [0.2, 0.25) is 5.02 Å². The second kappa shape index (κ2) is 9.60. The molecular weight excluding hydrogens is 441 g/mol. The molecule has 0 aromatic heterocycles. The number of carbonyl (C=O) groups is 1. The summed E-state index contributed by atoms with van der Waals surface area (Å²) >= 11 is 5.91. The molecule has 1 atom stereocenters. The summed E-state index contributed by atoms with van der Waals surface area (Å²) in [6, 6.07) is 17.8. The zero-order chi connectivity index (χ0) is 22.6. The molecule has 3 rings (SSSR count). The number of hydrogen-bond donors (Lipinski definition) is 1. The van der Waals surface area contributed by atoms with Gasteiger partial charge in [0.05, 0.1) is 16.5 Å². The minimum absolute atomic E-state index is 0.0360. The molecule has 0 aliphatic heterocycles. The fourth-order valence-corrected chi connectivity index (χ4v) is 5.15. The predicted molar refractivity (Wildman–Crippen MR) is 117 cm³/mol. The van der Waals surface area contributed by atoms with Gasteiger partial charge in [0.15, 0.2) is 0 Å². The summed E-state index contributed by atoms with van der Waals surface area (Å²) in [6.45, 7) is 1.59. The molecule has 3 aromatic rings. The van der Waals surface area contributed by atoms with Crippen LogP contribution in [0, 0.1) is 5.82 Å². The molecule has 8 heteroatoms. The van der Waals surface area contributed by atoms with Crippen LogP contribution in [0.1, 0.15) is 40.9 Å². The summed E-state index contributed by atoms with van der Waals surface area (Å²) in [5, 5.41) is 9.47. The lowest BCUT2D eigenvalue weighted by Gasteiger charge is -2.31. The lowest BCUT2D eigenvalue weighted by atomic mass is 10.0. The van der Waals surface area contributed by atoms with E-state index in [4.69, 9.17) is 16.7 Å². The lowest BCUT2D eigenvalue weighted by molar-refractivity contribution is 0.0696. The Morgan fingerprint density at radius 3 is 2.26 bits per heavy atom. The van der Waals surface area contributed by atoms with Crippen LogP contribution >= 0.6 is 11.6 Å². The van der Waals surface area contributed by atoms with Gasteiger partial charge in [-0.2, -0.15) is 4.31 Å². The summed E-state index contributed by atoms with van der Waals surface area (Å²) in [4.78, 5) is 11.2. The molecule has 0 unspecified atom stereocenters. The van der Waals surface area contributed by atoms with Gasteiger partial charge in [-0.15, -0.1) is 0 Å². The average molecular weight is 462 g/mol. The zero-order valence-corrected chi connectivity index (χ0v) is 18.3. The third-order valence-corrected chi connectivity index (χ3v) is 7.09. The van der Waals surface area contributed by atoms with Gasteiger partial charge < -0.3 is 5.11 Å². The van der Waals surface area contributed by atoms with Crippen LogP contribution in [-0.2, 0) is 16.6 Å². The van der Waals surface area contributed by atoms with Crippen LogP contribution in [0.25, 0.3) is 0 Å². The van der Waals surface area contributed by atoms with Crippen molar-refractivity contribution in [3.63, 3.8) is 0 Å². The summed E-state index contributed by atoms with van der Waals surface area (Å²) in [5.74, 6) is -2.04. The van der Waals surface area contributed by atoms with Gasteiger partial charge in [-0.3, -0.25) is 0 Å². The van der Waals surface area contributed by atoms with E-state index >= 15 is 0 Å². The maximum atomic E-state index is 14.7. The average Bonchev–Trinajstić information content (AvgIpc) is 2.75. The Morgan fingerprint density at radius 2 is 1.71 bits per heavy atom. The van der Waals surface area contributed by atoms with Crippen LogP contribution in [0.15, 0.2) is 77.7 Å². The van der Waals surface area contributed by atoms with E-state index in [1.54, 1.807) is 0 Å². The van der Waals surface area contributed by atoms with Crippen LogP contribution in [0.4, 0.5) is 4.39 Å². The highest BCUT2D eigenvalue weighted by molar-refractivity contribution is 7.89. The maximum Gasteiger partial charge on any atom is 0.335 e. The van der Waals surface area contributed by atoms with Crippen molar-refractivity contribution in [2.24, 2.45) is 0 Å². The molecule has 0 amide bonds.